The summed E-state index contributed by atoms with van der Waals surface area (Å²) in [6, 6.07) is 6.90. The molecule has 5 N–H and O–H groups in total. The molecule has 0 fully saturated rings. The second-order valence-electron chi connectivity index (χ2n) is 3.66. The van der Waals surface area contributed by atoms with Crippen molar-refractivity contribution in [1.29, 1.82) is 0 Å². The van der Waals surface area contributed by atoms with Crippen LogP contribution in [0.25, 0.3) is 0 Å². The summed E-state index contributed by atoms with van der Waals surface area (Å²) in [6.07, 6.45) is 0. The van der Waals surface area contributed by atoms with E-state index in [9.17, 15) is 4.79 Å². The zero-order valence-corrected chi connectivity index (χ0v) is 10.0. The van der Waals surface area contributed by atoms with E-state index in [1.54, 1.807) is 0 Å². The minimum Gasteiger partial charge on any atom is -0.399 e. The molecule has 1 aromatic carbocycles. The van der Waals surface area contributed by atoms with Gasteiger partial charge in [-0.15, -0.1) is 0 Å². The van der Waals surface area contributed by atoms with Crippen LogP contribution >= 0.6 is 11.8 Å². The van der Waals surface area contributed by atoms with Gasteiger partial charge >= 0.3 is 0 Å². The molecule has 0 aliphatic carbocycles. The van der Waals surface area contributed by atoms with Gasteiger partial charge in [-0.1, -0.05) is 11.8 Å². The van der Waals surface area contributed by atoms with Crippen molar-refractivity contribution < 1.29 is 0 Å². The third-order valence-electron chi connectivity index (χ3n) is 2.03. The van der Waals surface area contributed by atoms with Crippen molar-refractivity contribution in [3.05, 3.63) is 40.2 Å². The smallest absolute Gasteiger partial charge is 0.253 e. The molecule has 5 nitrogen and oxygen atoms in total. The molecular formula is C11H12N4OS. The van der Waals surface area contributed by atoms with Crippen molar-refractivity contribution in [2.75, 3.05) is 11.5 Å². The lowest BCUT2D eigenvalue weighted by Crippen LogP contribution is -2.09. The molecule has 17 heavy (non-hydrogen) atoms. The van der Waals surface area contributed by atoms with Gasteiger partial charge in [0.25, 0.3) is 5.56 Å². The van der Waals surface area contributed by atoms with Gasteiger partial charge in [-0.2, -0.15) is 0 Å². The van der Waals surface area contributed by atoms with Crippen LogP contribution in [0, 0.1) is 6.92 Å². The minimum atomic E-state index is -0.263. The number of nitrogens with two attached hydrogens (primary N) is 2. The van der Waals surface area contributed by atoms with E-state index in [1.165, 1.54) is 17.8 Å². The summed E-state index contributed by atoms with van der Waals surface area (Å²) in [4.78, 5) is 18.8. The predicted octanol–water partition coefficient (Wildman–Crippen LogP) is 1.39. The topological polar surface area (TPSA) is 97.8 Å². The number of anilines is 2. The van der Waals surface area contributed by atoms with Crippen LogP contribution in [0.4, 0.5) is 11.5 Å². The number of aromatic amines is 1. The quantitative estimate of drug-likeness (QED) is 0.551. The number of hydrogen-bond acceptors (Lipinski definition) is 5. The highest BCUT2D eigenvalue weighted by Gasteiger charge is 2.03. The number of H-pyrrole nitrogens is 1. The van der Waals surface area contributed by atoms with E-state index in [0.29, 0.717) is 10.8 Å². The molecule has 0 aliphatic rings. The highest BCUT2D eigenvalue weighted by Crippen LogP contribution is 2.26. The summed E-state index contributed by atoms with van der Waals surface area (Å²) in [5.74, 6) is 0.205. The van der Waals surface area contributed by atoms with Gasteiger partial charge in [0.15, 0.2) is 5.16 Å². The Balaban J connectivity index is 2.34. The predicted molar refractivity (Wildman–Crippen MR) is 69.0 cm³/mol. The molecule has 0 radical (unpaired) electrons. The summed E-state index contributed by atoms with van der Waals surface area (Å²) in [6.45, 7) is 1.95. The van der Waals surface area contributed by atoms with Gasteiger partial charge in [0.1, 0.15) is 5.82 Å². The maximum atomic E-state index is 11.2. The molecule has 1 aromatic heterocycles. The van der Waals surface area contributed by atoms with Gasteiger partial charge < -0.3 is 16.5 Å². The van der Waals surface area contributed by atoms with Gasteiger partial charge in [-0.3, -0.25) is 4.79 Å². The van der Waals surface area contributed by atoms with Crippen LogP contribution < -0.4 is 17.0 Å². The Hall–Kier alpha value is -1.95. The Morgan fingerprint density at radius 1 is 1.24 bits per heavy atom. The first-order chi connectivity index (χ1) is 8.02. The number of aryl methyl sites for hydroxylation is 1. The zero-order valence-electron chi connectivity index (χ0n) is 9.23. The number of aromatic nitrogens is 2. The average Bonchev–Trinajstić information content (AvgIpc) is 2.13. The molecule has 0 unspecified atom stereocenters. The highest BCUT2D eigenvalue weighted by molar-refractivity contribution is 7.99. The second kappa shape index (κ2) is 4.50. The minimum absolute atomic E-state index is 0.205. The van der Waals surface area contributed by atoms with Crippen LogP contribution in [0.15, 0.2) is 39.1 Å². The lowest BCUT2D eigenvalue weighted by atomic mass is 10.2. The van der Waals surface area contributed by atoms with Crippen molar-refractivity contribution >= 4 is 23.3 Å². The Morgan fingerprint density at radius 2 is 2.00 bits per heavy atom. The Morgan fingerprint density at radius 3 is 2.65 bits per heavy atom. The maximum absolute atomic E-state index is 11.2. The van der Waals surface area contributed by atoms with Crippen LogP contribution in [0.3, 0.4) is 0 Å². The summed E-state index contributed by atoms with van der Waals surface area (Å²) >= 11 is 1.32. The van der Waals surface area contributed by atoms with Crippen molar-refractivity contribution in [3.8, 4) is 0 Å². The van der Waals surface area contributed by atoms with Gasteiger partial charge in [0.2, 0.25) is 0 Å². The van der Waals surface area contributed by atoms with Gasteiger partial charge in [0, 0.05) is 16.6 Å². The highest BCUT2D eigenvalue weighted by atomic mass is 32.2. The van der Waals surface area contributed by atoms with E-state index in [2.05, 4.69) is 9.97 Å². The van der Waals surface area contributed by atoms with Crippen LogP contribution in [0.2, 0.25) is 0 Å². The molecule has 0 amide bonds. The molecule has 2 rings (SSSR count). The molecule has 6 heteroatoms. The monoisotopic (exact) mass is 248 g/mol. The van der Waals surface area contributed by atoms with E-state index in [-0.39, 0.29) is 11.4 Å². The van der Waals surface area contributed by atoms with Gasteiger partial charge in [-0.05, 0) is 30.7 Å². The molecular weight excluding hydrogens is 236 g/mol. The van der Waals surface area contributed by atoms with Crippen molar-refractivity contribution in [1.82, 2.24) is 9.97 Å². The molecule has 88 valence electrons. The second-order valence-corrected chi connectivity index (χ2v) is 4.72. The molecule has 0 atom stereocenters. The van der Waals surface area contributed by atoms with Crippen molar-refractivity contribution in [2.24, 2.45) is 0 Å². The van der Waals surface area contributed by atoms with Gasteiger partial charge in [-0.25, -0.2) is 4.98 Å². The first-order valence-corrected chi connectivity index (χ1v) is 5.76. The van der Waals surface area contributed by atoms with Crippen molar-refractivity contribution in [3.63, 3.8) is 0 Å². The average molecular weight is 248 g/mol. The van der Waals surface area contributed by atoms with Gasteiger partial charge in [0.05, 0.1) is 0 Å². The fourth-order valence-electron chi connectivity index (χ4n) is 1.45. The Labute approximate surface area is 102 Å². The van der Waals surface area contributed by atoms with E-state index in [1.807, 2.05) is 25.1 Å². The first kappa shape index (κ1) is 11.5. The Bertz CT molecular complexity index is 588. The van der Waals surface area contributed by atoms with Crippen molar-refractivity contribution in [2.45, 2.75) is 17.0 Å². The molecule has 0 aliphatic heterocycles. The zero-order chi connectivity index (χ0) is 12.4. The largest absolute Gasteiger partial charge is 0.399 e. The number of hydrogen-bond donors (Lipinski definition) is 3. The number of rotatable bonds is 2. The third kappa shape index (κ3) is 3.01. The van der Waals surface area contributed by atoms with E-state index >= 15 is 0 Å². The molecule has 0 saturated heterocycles. The Kier molecular flexibility index (Phi) is 3.06. The number of benzene rings is 1. The van der Waals surface area contributed by atoms with E-state index < -0.39 is 0 Å². The first-order valence-electron chi connectivity index (χ1n) is 4.95. The fourth-order valence-corrected chi connectivity index (χ4v) is 2.41. The molecule has 2 aromatic rings. The van der Waals surface area contributed by atoms with Crippen LogP contribution in [0.5, 0.6) is 0 Å². The standard InChI is InChI=1S/C11H12N4OS/c1-6-2-7(12)4-8(3-6)17-11-14-9(13)5-10(16)15-11/h2-5H,12H2,1H3,(H3,13,14,15,16). The number of nitrogens with one attached hydrogen (secondary N) is 1. The molecule has 1 heterocycles. The van der Waals surface area contributed by atoms with Crippen LogP contribution in [-0.4, -0.2) is 9.97 Å². The fraction of sp³-hybridized carbons (Fsp3) is 0.0909. The third-order valence-corrected chi connectivity index (χ3v) is 2.89. The summed E-state index contributed by atoms with van der Waals surface area (Å²) < 4.78 is 0. The molecule has 0 spiro atoms. The summed E-state index contributed by atoms with van der Waals surface area (Å²) in [7, 11) is 0. The normalized spacial score (nSPS) is 10.4. The van der Waals surface area contributed by atoms with Crippen LogP contribution in [-0.2, 0) is 0 Å². The summed E-state index contributed by atoms with van der Waals surface area (Å²) in [5, 5.41) is 0.458. The van der Waals surface area contributed by atoms with Crippen LogP contribution in [0.1, 0.15) is 5.56 Å². The van der Waals surface area contributed by atoms with E-state index in [0.717, 1.165) is 10.5 Å². The maximum Gasteiger partial charge on any atom is 0.253 e. The lowest BCUT2D eigenvalue weighted by Gasteiger charge is -2.04. The molecule has 0 saturated carbocycles. The SMILES string of the molecule is Cc1cc(N)cc(Sc2nc(N)cc(=O)[nH]2)c1. The number of nitrogen functional groups attached to an aromatic ring is 2. The summed E-state index contributed by atoms with van der Waals surface area (Å²) in [5.41, 5.74) is 12.7. The number of nitrogens with zero attached hydrogens (tertiary/aromatic N) is 1. The molecule has 0 bridgehead atoms. The van der Waals surface area contributed by atoms with E-state index in [4.69, 9.17) is 11.5 Å². The lowest BCUT2D eigenvalue weighted by molar-refractivity contribution is 0.945.